The van der Waals surface area contributed by atoms with Crippen molar-refractivity contribution in [1.82, 2.24) is 0 Å². The lowest BCUT2D eigenvalue weighted by Gasteiger charge is -2.28. The maximum atomic E-state index is 11.7. The highest BCUT2D eigenvalue weighted by Crippen LogP contribution is 2.37. The molecule has 0 aromatic heterocycles. The Kier molecular flexibility index (Phi) is 2.36. The molecular formula is C9H17NO2S. The zero-order chi connectivity index (χ0) is 9.47. The van der Waals surface area contributed by atoms with E-state index in [0.29, 0.717) is 11.7 Å². The van der Waals surface area contributed by atoms with E-state index < -0.39 is 9.84 Å². The van der Waals surface area contributed by atoms with Crippen LogP contribution in [-0.2, 0) is 9.84 Å². The molecule has 1 aliphatic carbocycles. The molecule has 3 nitrogen and oxygen atoms in total. The Balaban J connectivity index is 2.08. The molecule has 0 aromatic carbocycles. The molecule has 0 bridgehead atoms. The minimum atomic E-state index is -2.85. The third kappa shape index (κ3) is 2.05. The normalized spacial score (nSPS) is 38.8. The highest BCUT2D eigenvalue weighted by Gasteiger charge is 2.38. The van der Waals surface area contributed by atoms with Crippen LogP contribution in [0.5, 0.6) is 0 Å². The summed E-state index contributed by atoms with van der Waals surface area (Å²) in [7, 11) is -2.85. The van der Waals surface area contributed by atoms with Crippen molar-refractivity contribution in [2.75, 3.05) is 5.75 Å². The standard InChI is InChI=1S/C9H17NO2S/c10-8-2-1-5-13(11,12)9(8)6-7-3-4-7/h7-9H,1-6,10H2. The number of hydrogen-bond acceptors (Lipinski definition) is 3. The summed E-state index contributed by atoms with van der Waals surface area (Å²) in [6.07, 6.45) is 4.88. The average Bonchev–Trinajstić information content (AvgIpc) is 2.80. The Morgan fingerprint density at radius 3 is 2.46 bits per heavy atom. The van der Waals surface area contributed by atoms with Crippen LogP contribution in [0.15, 0.2) is 0 Å². The number of nitrogens with two attached hydrogens (primary N) is 1. The summed E-state index contributed by atoms with van der Waals surface area (Å²) in [5.74, 6) is 1.02. The lowest BCUT2D eigenvalue weighted by atomic mass is 10.0. The summed E-state index contributed by atoms with van der Waals surface area (Å²) in [5, 5.41) is -0.228. The summed E-state index contributed by atoms with van der Waals surface area (Å²) in [4.78, 5) is 0. The van der Waals surface area contributed by atoms with Crippen molar-refractivity contribution in [3.8, 4) is 0 Å². The third-order valence-corrected chi connectivity index (χ3v) is 5.49. The number of hydrogen-bond donors (Lipinski definition) is 1. The molecule has 76 valence electrons. The summed E-state index contributed by atoms with van der Waals surface area (Å²) in [6.45, 7) is 0. The molecule has 1 aliphatic heterocycles. The van der Waals surface area contributed by atoms with Gasteiger partial charge in [-0.15, -0.1) is 0 Å². The second kappa shape index (κ2) is 3.24. The first kappa shape index (κ1) is 9.46. The topological polar surface area (TPSA) is 60.2 Å². The van der Waals surface area contributed by atoms with E-state index in [4.69, 9.17) is 5.73 Å². The lowest BCUT2D eigenvalue weighted by Crippen LogP contribution is -2.45. The summed E-state index contributed by atoms with van der Waals surface area (Å²) in [6, 6.07) is -0.0978. The minimum absolute atomic E-state index is 0.0978. The van der Waals surface area contributed by atoms with Crippen LogP contribution in [0.4, 0.5) is 0 Å². The Labute approximate surface area is 79.6 Å². The van der Waals surface area contributed by atoms with E-state index >= 15 is 0 Å². The van der Waals surface area contributed by atoms with E-state index in [1.807, 2.05) is 0 Å². The van der Waals surface area contributed by atoms with Crippen molar-refractivity contribution >= 4 is 9.84 Å². The second-order valence-electron chi connectivity index (χ2n) is 4.39. The van der Waals surface area contributed by atoms with Gasteiger partial charge in [0.15, 0.2) is 9.84 Å². The maximum Gasteiger partial charge on any atom is 0.154 e. The van der Waals surface area contributed by atoms with Gasteiger partial charge in [-0.1, -0.05) is 12.8 Å². The summed E-state index contributed by atoms with van der Waals surface area (Å²) in [5.41, 5.74) is 5.85. The molecule has 2 fully saturated rings. The van der Waals surface area contributed by atoms with E-state index in [-0.39, 0.29) is 11.3 Å². The van der Waals surface area contributed by atoms with Crippen molar-refractivity contribution in [3.05, 3.63) is 0 Å². The van der Waals surface area contributed by atoms with E-state index in [9.17, 15) is 8.42 Å². The lowest BCUT2D eigenvalue weighted by molar-refractivity contribution is 0.469. The van der Waals surface area contributed by atoms with Crippen LogP contribution in [0.1, 0.15) is 32.1 Å². The van der Waals surface area contributed by atoms with Gasteiger partial charge in [-0.2, -0.15) is 0 Å². The highest BCUT2D eigenvalue weighted by molar-refractivity contribution is 7.92. The fourth-order valence-corrected chi connectivity index (χ4v) is 4.23. The third-order valence-electron chi connectivity index (χ3n) is 3.17. The van der Waals surface area contributed by atoms with Gasteiger partial charge in [-0.3, -0.25) is 0 Å². The Morgan fingerprint density at radius 2 is 1.92 bits per heavy atom. The van der Waals surface area contributed by atoms with E-state index in [2.05, 4.69) is 0 Å². The first-order valence-electron chi connectivity index (χ1n) is 5.07. The predicted octanol–water partition coefficient (Wildman–Crippen LogP) is 0.691. The summed E-state index contributed by atoms with van der Waals surface area (Å²) >= 11 is 0. The van der Waals surface area contributed by atoms with Crippen molar-refractivity contribution in [2.24, 2.45) is 11.7 Å². The van der Waals surface area contributed by atoms with Crippen LogP contribution in [0.25, 0.3) is 0 Å². The SMILES string of the molecule is NC1CCCS(=O)(=O)C1CC1CC1. The van der Waals surface area contributed by atoms with Crippen LogP contribution in [0.2, 0.25) is 0 Å². The van der Waals surface area contributed by atoms with Crippen molar-refractivity contribution in [1.29, 1.82) is 0 Å². The van der Waals surface area contributed by atoms with Gasteiger partial charge in [-0.25, -0.2) is 8.42 Å². The molecule has 2 unspecified atom stereocenters. The van der Waals surface area contributed by atoms with Gasteiger partial charge in [0.05, 0.1) is 11.0 Å². The zero-order valence-corrected chi connectivity index (χ0v) is 8.59. The molecule has 0 radical (unpaired) electrons. The van der Waals surface area contributed by atoms with Gasteiger partial charge in [0, 0.05) is 6.04 Å². The first-order valence-corrected chi connectivity index (χ1v) is 6.78. The molecule has 2 atom stereocenters. The van der Waals surface area contributed by atoms with Crippen LogP contribution in [0, 0.1) is 5.92 Å². The quantitative estimate of drug-likeness (QED) is 0.718. The number of sulfone groups is 1. The Morgan fingerprint density at radius 1 is 1.23 bits per heavy atom. The van der Waals surface area contributed by atoms with Gasteiger partial charge in [-0.05, 0) is 25.2 Å². The van der Waals surface area contributed by atoms with Crippen LogP contribution in [-0.4, -0.2) is 25.5 Å². The fourth-order valence-electron chi connectivity index (χ4n) is 2.13. The Bertz CT molecular complexity index is 282. The molecule has 1 heterocycles. The molecule has 2 aliphatic rings. The van der Waals surface area contributed by atoms with Gasteiger partial charge >= 0.3 is 0 Å². The van der Waals surface area contributed by atoms with Gasteiger partial charge < -0.3 is 5.73 Å². The molecule has 0 aromatic rings. The molecule has 0 spiro atoms. The zero-order valence-electron chi connectivity index (χ0n) is 7.78. The monoisotopic (exact) mass is 203 g/mol. The van der Waals surface area contributed by atoms with E-state index in [1.165, 1.54) is 12.8 Å². The highest BCUT2D eigenvalue weighted by atomic mass is 32.2. The van der Waals surface area contributed by atoms with Gasteiger partial charge in [0.25, 0.3) is 0 Å². The molecule has 2 N–H and O–H groups in total. The molecule has 2 rings (SSSR count). The molecule has 0 amide bonds. The van der Waals surface area contributed by atoms with Gasteiger partial charge in [0.2, 0.25) is 0 Å². The smallest absolute Gasteiger partial charge is 0.154 e. The predicted molar refractivity (Wildman–Crippen MR) is 52.1 cm³/mol. The molecule has 1 saturated heterocycles. The van der Waals surface area contributed by atoms with Crippen molar-refractivity contribution in [2.45, 2.75) is 43.4 Å². The number of rotatable bonds is 2. The van der Waals surface area contributed by atoms with E-state index in [0.717, 1.165) is 19.3 Å². The van der Waals surface area contributed by atoms with Crippen LogP contribution >= 0.6 is 0 Å². The molecular weight excluding hydrogens is 186 g/mol. The molecule has 1 saturated carbocycles. The second-order valence-corrected chi connectivity index (χ2v) is 6.73. The Hall–Kier alpha value is -0.0900. The van der Waals surface area contributed by atoms with Crippen molar-refractivity contribution in [3.63, 3.8) is 0 Å². The fraction of sp³-hybridized carbons (Fsp3) is 1.00. The average molecular weight is 203 g/mol. The van der Waals surface area contributed by atoms with E-state index in [1.54, 1.807) is 0 Å². The van der Waals surface area contributed by atoms with Gasteiger partial charge in [0.1, 0.15) is 0 Å². The van der Waals surface area contributed by atoms with Crippen LogP contribution in [0.3, 0.4) is 0 Å². The van der Waals surface area contributed by atoms with Crippen molar-refractivity contribution < 1.29 is 8.42 Å². The first-order chi connectivity index (χ1) is 6.09. The summed E-state index contributed by atoms with van der Waals surface area (Å²) < 4.78 is 23.4. The molecule has 4 heteroatoms. The largest absolute Gasteiger partial charge is 0.327 e. The minimum Gasteiger partial charge on any atom is -0.327 e. The molecule has 13 heavy (non-hydrogen) atoms. The maximum absolute atomic E-state index is 11.7. The van der Waals surface area contributed by atoms with Crippen LogP contribution < -0.4 is 5.73 Å².